The van der Waals surface area contributed by atoms with Crippen LogP contribution in [0, 0.1) is 0 Å². The third kappa shape index (κ3) is 6.72. The molecule has 0 aliphatic rings. The van der Waals surface area contributed by atoms with Crippen molar-refractivity contribution in [3.8, 4) is 79.4 Å². The van der Waals surface area contributed by atoms with Crippen LogP contribution in [0.4, 0.5) is 0 Å². The van der Waals surface area contributed by atoms with E-state index in [0.29, 0.717) is 23.4 Å². The zero-order chi connectivity index (χ0) is 45.0. The summed E-state index contributed by atoms with van der Waals surface area (Å²) in [6, 6.07) is 82.2. The largest absolute Gasteiger partial charge is 0.309 e. The van der Waals surface area contributed by atoms with Crippen molar-refractivity contribution in [1.82, 2.24) is 34.1 Å². The maximum absolute atomic E-state index is 5.37. The van der Waals surface area contributed by atoms with Gasteiger partial charge in [-0.2, -0.15) is 9.97 Å². The summed E-state index contributed by atoms with van der Waals surface area (Å²) >= 11 is 0. The molecule has 0 atom stereocenters. The van der Waals surface area contributed by atoms with Gasteiger partial charge in [0.1, 0.15) is 0 Å². The third-order valence-corrected chi connectivity index (χ3v) is 12.8. The Morgan fingerprint density at radius 3 is 1.26 bits per heavy atom. The fraction of sp³-hybridized carbons (Fsp3) is 0. The van der Waals surface area contributed by atoms with Gasteiger partial charge in [0.25, 0.3) is 0 Å². The SMILES string of the molecule is c1ccc(-c2ccc(-c3nc(-c4ccccc4)cc(-c4ccccc4-n4c5ccccc5c5cc6c(cc54)c4ccccc4n6-c4nc(-c5ccccc5)nc(-c5ccccc5)n4)n3)cc2)cc1. The maximum Gasteiger partial charge on any atom is 0.238 e. The Bertz CT molecular complexity index is 3940. The second-order valence-electron chi connectivity index (χ2n) is 16.9. The van der Waals surface area contributed by atoms with E-state index in [0.717, 1.165) is 94.1 Å². The minimum Gasteiger partial charge on any atom is -0.309 e. The molecule has 0 radical (unpaired) electrons. The molecule has 318 valence electrons. The van der Waals surface area contributed by atoms with Crippen molar-refractivity contribution in [2.75, 3.05) is 0 Å². The van der Waals surface area contributed by atoms with Gasteiger partial charge in [0.15, 0.2) is 17.5 Å². The van der Waals surface area contributed by atoms with Crippen molar-refractivity contribution < 1.29 is 0 Å². The fourth-order valence-electron chi connectivity index (χ4n) is 9.60. The smallest absolute Gasteiger partial charge is 0.238 e. The number of hydrogen-bond acceptors (Lipinski definition) is 5. The minimum atomic E-state index is 0.556. The molecule has 13 aromatic rings. The molecule has 7 nitrogen and oxygen atoms in total. The van der Waals surface area contributed by atoms with Gasteiger partial charge in [-0.05, 0) is 47.5 Å². The molecule has 0 spiro atoms. The Morgan fingerprint density at radius 2 is 0.662 bits per heavy atom. The molecule has 0 fully saturated rings. The van der Waals surface area contributed by atoms with Gasteiger partial charge in [-0.3, -0.25) is 4.57 Å². The van der Waals surface area contributed by atoms with Crippen LogP contribution in [0.2, 0.25) is 0 Å². The van der Waals surface area contributed by atoms with E-state index in [1.165, 1.54) is 5.56 Å². The standard InChI is InChI=1S/C61H39N7/c1-5-19-40(20-6-1)41-33-35-45(36-34-41)58-62-51(42-21-7-2-8-22-42)39-52(63-58)48-29-15-18-32-55(48)67-53-30-16-13-27-46(53)49-38-57-50(37-56(49)67)47-28-14-17-31-54(47)68(57)61-65-59(43-23-9-3-10-24-43)64-60(66-61)44-25-11-4-12-26-44/h1-39H. The molecule has 0 N–H and O–H groups in total. The Morgan fingerprint density at radius 1 is 0.250 bits per heavy atom. The number of fused-ring (bicyclic) bond motifs is 6. The summed E-state index contributed by atoms with van der Waals surface area (Å²) in [5, 5.41) is 4.43. The normalized spacial score (nSPS) is 11.5. The molecule has 9 aromatic carbocycles. The predicted octanol–water partition coefficient (Wildman–Crippen LogP) is 14.9. The van der Waals surface area contributed by atoms with Gasteiger partial charge in [0.2, 0.25) is 5.95 Å². The molecule has 4 aromatic heterocycles. The molecule has 0 saturated carbocycles. The Labute approximate surface area is 392 Å². The predicted molar refractivity (Wildman–Crippen MR) is 277 cm³/mol. The summed E-state index contributed by atoms with van der Waals surface area (Å²) in [7, 11) is 0. The highest BCUT2D eigenvalue weighted by Crippen LogP contribution is 2.42. The summed E-state index contributed by atoms with van der Waals surface area (Å²) in [5.74, 6) is 2.45. The first-order valence-corrected chi connectivity index (χ1v) is 22.8. The highest BCUT2D eigenvalue weighted by Gasteiger charge is 2.23. The Hall–Kier alpha value is -9.33. The van der Waals surface area contributed by atoms with Crippen LogP contribution in [0.3, 0.4) is 0 Å². The number of aromatic nitrogens is 7. The summed E-state index contributed by atoms with van der Waals surface area (Å²) in [6.45, 7) is 0. The van der Waals surface area contributed by atoms with Crippen molar-refractivity contribution in [3.05, 3.63) is 237 Å². The first-order valence-electron chi connectivity index (χ1n) is 22.8. The fourth-order valence-corrected chi connectivity index (χ4v) is 9.60. The molecule has 0 unspecified atom stereocenters. The number of nitrogens with zero attached hydrogens (tertiary/aromatic N) is 7. The van der Waals surface area contributed by atoms with E-state index in [1.54, 1.807) is 0 Å². The maximum atomic E-state index is 5.37. The summed E-state index contributed by atoms with van der Waals surface area (Å²) in [5.41, 5.74) is 14.0. The lowest BCUT2D eigenvalue weighted by Gasteiger charge is -2.15. The topological polar surface area (TPSA) is 74.3 Å². The van der Waals surface area contributed by atoms with Gasteiger partial charge in [-0.25, -0.2) is 15.0 Å². The van der Waals surface area contributed by atoms with Crippen LogP contribution in [0.15, 0.2) is 237 Å². The molecular formula is C61H39N7. The van der Waals surface area contributed by atoms with Crippen LogP contribution in [0.25, 0.3) is 123 Å². The van der Waals surface area contributed by atoms with E-state index in [-0.39, 0.29) is 0 Å². The molecule has 0 saturated heterocycles. The van der Waals surface area contributed by atoms with Crippen molar-refractivity contribution in [2.45, 2.75) is 0 Å². The van der Waals surface area contributed by atoms with Crippen LogP contribution in [0.5, 0.6) is 0 Å². The number of benzene rings is 9. The number of para-hydroxylation sites is 3. The van der Waals surface area contributed by atoms with E-state index in [4.69, 9.17) is 24.9 Å². The zero-order valence-electron chi connectivity index (χ0n) is 36.6. The molecule has 68 heavy (non-hydrogen) atoms. The van der Waals surface area contributed by atoms with Gasteiger partial charge >= 0.3 is 0 Å². The van der Waals surface area contributed by atoms with Gasteiger partial charge in [-0.1, -0.05) is 200 Å². The van der Waals surface area contributed by atoms with Crippen molar-refractivity contribution >= 4 is 43.6 Å². The lowest BCUT2D eigenvalue weighted by Crippen LogP contribution is -2.06. The average molecular weight is 870 g/mol. The van der Waals surface area contributed by atoms with Crippen molar-refractivity contribution in [1.29, 1.82) is 0 Å². The summed E-state index contributed by atoms with van der Waals surface area (Å²) < 4.78 is 4.60. The van der Waals surface area contributed by atoms with Crippen LogP contribution >= 0.6 is 0 Å². The molecule has 13 rings (SSSR count). The first-order chi connectivity index (χ1) is 33.7. The van der Waals surface area contributed by atoms with E-state index in [9.17, 15) is 0 Å². The second-order valence-corrected chi connectivity index (χ2v) is 16.9. The minimum absolute atomic E-state index is 0.556. The van der Waals surface area contributed by atoms with E-state index < -0.39 is 0 Å². The number of rotatable bonds is 8. The highest BCUT2D eigenvalue weighted by atomic mass is 15.2. The molecule has 0 amide bonds. The Balaban J connectivity index is 1.03. The molecule has 0 bridgehead atoms. The lowest BCUT2D eigenvalue weighted by atomic mass is 10.0. The first kappa shape index (κ1) is 39.1. The van der Waals surface area contributed by atoms with E-state index in [1.807, 2.05) is 72.8 Å². The molecule has 0 aliphatic carbocycles. The van der Waals surface area contributed by atoms with Crippen LogP contribution < -0.4 is 0 Å². The van der Waals surface area contributed by atoms with Crippen LogP contribution in [-0.4, -0.2) is 34.1 Å². The lowest BCUT2D eigenvalue weighted by molar-refractivity contribution is 0.954. The van der Waals surface area contributed by atoms with E-state index >= 15 is 0 Å². The Kier molecular flexibility index (Phi) is 9.35. The van der Waals surface area contributed by atoms with Crippen molar-refractivity contribution in [2.24, 2.45) is 0 Å². The average Bonchev–Trinajstić information content (AvgIpc) is 3.92. The quantitative estimate of drug-likeness (QED) is 0.152. The molecule has 7 heteroatoms. The summed E-state index contributed by atoms with van der Waals surface area (Å²) in [4.78, 5) is 26.0. The van der Waals surface area contributed by atoms with Gasteiger partial charge in [-0.15, -0.1) is 0 Å². The van der Waals surface area contributed by atoms with E-state index in [2.05, 4.69) is 173 Å². The number of hydrogen-bond donors (Lipinski definition) is 0. The van der Waals surface area contributed by atoms with Gasteiger partial charge in [0, 0.05) is 49.4 Å². The zero-order valence-corrected chi connectivity index (χ0v) is 36.6. The summed E-state index contributed by atoms with van der Waals surface area (Å²) in [6.07, 6.45) is 0. The second kappa shape index (κ2) is 16.3. The monoisotopic (exact) mass is 869 g/mol. The van der Waals surface area contributed by atoms with Crippen LogP contribution in [-0.2, 0) is 0 Å². The third-order valence-electron chi connectivity index (χ3n) is 12.8. The highest BCUT2D eigenvalue weighted by molar-refractivity contribution is 6.19. The van der Waals surface area contributed by atoms with Gasteiger partial charge < -0.3 is 4.57 Å². The molecule has 4 heterocycles. The van der Waals surface area contributed by atoms with Crippen LogP contribution in [0.1, 0.15) is 0 Å². The molecular weight excluding hydrogens is 831 g/mol. The van der Waals surface area contributed by atoms with Crippen molar-refractivity contribution in [3.63, 3.8) is 0 Å². The van der Waals surface area contributed by atoms with Gasteiger partial charge in [0.05, 0.1) is 39.1 Å². The molecule has 0 aliphatic heterocycles.